The SMILES string of the molecule is Nc1ccn(C2OC(CN3CCc4c#cncc4C3)CC2(F)F)c(=O)n1. The Bertz CT molecular complexity index is 872. The number of nitrogen functional groups attached to an aromatic ring is 1. The number of nitrogens with two attached hydrogens (primary N) is 1. The zero-order chi connectivity index (χ0) is 18.3. The number of ether oxygens (including phenoxy) is 1. The Balaban J connectivity index is 1.47. The van der Waals surface area contributed by atoms with E-state index in [0.717, 1.165) is 28.7 Å². The quantitative estimate of drug-likeness (QED) is 0.870. The van der Waals surface area contributed by atoms with E-state index in [1.807, 2.05) is 4.90 Å². The highest BCUT2D eigenvalue weighted by atomic mass is 19.3. The van der Waals surface area contributed by atoms with Gasteiger partial charge in [-0.05, 0) is 24.1 Å². The van der Waals surface area contributed by atoms with E-state index in [4.69, 9.17) is 10.5 Å². The lowest BCUT2D eigenvalue weighted by molar-refractivity contribution is -0.119. The van der Waals surface area contributed by atoms with Crippen LogP contribution in [0.5, 0.6) is 0 Å². The van der Waals surface area contributed by atoms with Crippen LogP contribution in [0.15, 0.2) is 23.3 Å². The van der Waals surface area contributed by atoms with Gasteiger partial charge in [0.1, 0.15) is 5.82 Å². The summed E-state index contributed by atoms with van der Waals surface area (Å²) in [4.78, 5) is 21.4. The molecule has 2 unspecified atom stereocenters. The minimum Gasteiger partial charge on any atom is -0.383 e. The largest absolute Gasteiger partial charge is 0.383 e. The number of fused-ring (bicyclic) bond motifs is 1. The highest BCUT2D eigenvalue weighted by Crippen LogP contribution is 2.42. The predicted molar refractivity (Wildman–Crippen MR) is 87.3 cm³/mol. The fourth-order valence-corrected chi connectivity index (χ4v) is 3.48. The Hall–Kier alpha value is -2.57. The van der Waals surface area contributed by atoms with E-state index < -0.39 is 30.4 Å². The van der Waals surface area contributed by atoms with Gasteiger partial charge in [0.25, 0.3) is 5.92 Å². The highest BCUT2D eigenvalue weighted by molar-refractivity contribution is 5.24. The summed E-state index contributed by atoms with van der Waals surface area (Å²) in [5, 5.41) is 0. The van der Waals surface area contributed by atoms with Gasteiger partial charge >= 0.3 is 5.69 Å². The summed E-state index contributed by atoms with van der Waals surface area (Å²) in [6, 6.07) is 4.29. The lowest BCUT2D eigenvalue weighted by atomic mass is 10.0. The van der Waals surface area contributed by atoms with Crippen LogP contribution in [-0.4, -0.2) is 44.6 Å². The third-order valence-corrected chi connectivity index (χ3v) is 4.70. The second kappa shape index (κ2) is 6.30. The third-order valence-electron chi connectivity index (χ3n) is 4.70. The van der Waals surface area contributed by atoms with E-state index in [-0.39, 0.29) is 5.82 Å². The molecule has 2 atom stereocenters. The molecule has 2 aliphatic rings. The molecule has 0 saturated carbocycles. The zero-order valence-corrected chi connectivity index (χ0v) is 13.9. The number of alkyl halides is 2. The van der Waals surface area contributed by atoms with Gasteiger partial charge < -0.3 is 10.5 Å². The van der Waals surface area contributed by atoms with Crippen LogP contribution in [0.1, 0.15) is 23.8 Å². The number of rotatable bonds is 3. The molecular formula is C17H17F2N5O2. The van der Waals surface area contributed by atoms with Crippen LogP contribution in [0.3, 0.4) is 0 Å². The first-order valence-electron chi connectivity index (χ1n) is 8.29. The first-order chi connectivity index (χ1) is 12.4. The molecule has 136 valence electrons. The summed E-state index contributed by atoms with van der Waals surface area (Å²) >= 11 is 0. The summed E-state index contributed by atoms with van der Waals surface area (Å²) in [6.07, 6.45) is 3.56. The van der Waals surface area contributed by atoms with E-state index in [0.29, 0.717) is 13.1 Å². The molecule has 1 fully saturated rings. The van der Waals surface area contributed by atoms with Gasteiger partial charge in [0.05, 0.1) is 6.10 Å². The minimum absolute atomic E-state index is 0.0150. The normalized spacial score (nSPS) is 24.8. The van der Waals surface area contributed by atoms with E-state index in [1.165, 1.54) is 12.3 Å². The van der Waals surface area contributed by atoms with Gasteiger partial charge in [0.2, 0.25) is 6.23 Å². The van der Waals surface area contributed by atoms with Gasteiger partial charge in [-0.2, -0.15) is 4.98 Å². The summed E-state index contributed by atoms with van der Waals surface area (Å²) < 4.78 is 35.2. The van der Waals surface area contributed by atoms with Crippen molar-refractivity contribution in [1.29, 1.82) is 0 Å². The van der Waals surface area contributed by atoms with Crippen molar-refractivity contribution in [2.75, 3.05) is 18.8 Å². The molecule has 2 aromatic heterocycles. The van der Waals surface area contributed by atoms with Crippen LogP contribution < -0.4 is 11.4 Å². The number of nitrogens with zero attached hydrogens (tertiary/aromatic N) is 4. The number of aromatic nitrogens is 3. The average Bonchev–Trinajstić information content (AvgIpc) is 2.89. The lowest BCUT2D eigenvalue weighted by Crippen LogP contribution is -2.37. The van der Waals surface area contributed by atoms with E-state index in [9.17, 15) is 13.6 Å². The van der Waals surface area contributed by atoms with Gasteiger partial charge in [0.15, 0.2) is 0 Å². The van der Waals surface area contributed by atoms with Crippen molar-refractivity contribution < 1.29 is 13.5 Å². The van der Waals surface area contributed by atoms with Crippen LogP contribution in [0.2, 0.25) is 0 Å². The van der Waals surface area contributed by atoms with E-state index in [1.54, 1.807) is 6.20 Å². The molecule has 0 bridgehead atoms. The molecule has 0 radical (unpaired) electrons. The van der Waals surface area contributed by atoms with Gasteiger partial charge in [-0.1, -0.05) is 0 Å². The average molecular weight is 361 g/mol. The lowest BCUT2D eigenvalue weighted by Gasteiger charge is -2.29. The summed E-state index contributed by atoms with van der Waals surface area (Å²) in [7, 11) is 0. The highest BCUT2D eigenvalue weighted by Gasteiger charge is 2.52. The molecule has 9 heteroatoms. The second-order valence-electron chi connectivity index (χ2n) is 6.60. The van der Waals surface area contributed by atoms with Crippen LogP contribution in [-0.2, 0) is 17.7 Å². The number of halogens is 2. The number of hydrogen-bond acceptors (Lipinski definition) is 6. The molecule has 1 saturated heterocycles. The Morgan fingerprint density at radius 3 is 3.12 bits per heavy atom. The summed E-state index contributed by atoms with van der Waals surface area (Å²) in [5.74, 6) is -3.18. The molecule has 2 N–H and O–H groups in total. The van der Waals surface area contributed by atoms with Crippen molar-refractivity contribution in [2.45, 2.75) is 37.6 Å². The van der Waals surface area contributed by atoms with Gasteiger partial charge in [-0.25, -0.2) is 18.6 Å². The molecule has 0 amide bonds. The first-order valence-corrected chi connectivity index (χ1v) is 8.29. The number of hydrogen-bond donors (Lipinski definition) is 1. The zero-order valence-electron chi connectivity index (χ0n) is 13.9. The molecule has 2 aromatic rings. The van der Waals surface area contributed by atoms with Crippen molar-refractivity contribution in [3.8, 4) is 0 Å². The maximum atomic E-state index is 14.4. The van der Waals surface area contributed by atoms with E-state index >= 15 is 0 Å². The van der Waals surface area contributed by atoms with Gasteiger partial charge in [-0.15, -0.1) is 0 Å². The summed E-state index contributed by atoms with van der Waals surface area (Å²) in [5.41, 5.74) is 6.65. The Labute approximate surface area is 148 Å². The predicted octanol–water partition coefficient (Wildman–Crippen LogP) is 0.802. The minimum atomic E-state index is -3.16. The molecule has 0 spiro atoms. The molecule has 2 aliphatic heterocycles. The Morgan fingerprint density at radius 2 is 2.31 bits per heavy atom. The third kappa shape index (κ3) is 3.13. The smallest absolute Gasteiger partial charge is 0.351 e. The van der Waals surface area contributed by atoms with Crippen molar-refractivity contribution in [3.63, 3.8) is 0 Å². The first kappa shape index (κ1) is 16.9. The van der Waals surface area contributed by atoms with Crippen LogP contribution in [0.25, 0.3) is 0 Å². The van der Waals surface area contributed by atoms with Crippen LogP contribution in [0, 0.1) is 12.3 Å². The molecule has 0 aliphatic carbocycles. The fourth-order valence-electron chi connectivity index (χ4n) is 3.48. The molecule has 26 heavy (non-hydrogen) atoms. The van der Waals surface area contributed by atoms with Crippen LogP contribution >= 0.6 is 0 Å². The molecule has 4 heterocycles. The number of anilines is 1. The van der Waals surface area contributed by atoms with Crippen molar-refractivity contribution >= 4 is 5.82 Å². The fraction of sp³-hybridized carbons (Fsp3) is 0.471. The monoisotopic (exact) mass is 361 g/mol. The Morgan fingerprint density at radius 1 is 1.46 bits per heavy atom. The van der Waals surface area contributed by atoms with Crippen molar-refractivity contribution in [2.24, 2.45) is 0 Å². The second-order valence-corrected chi connectivity index (χ2v) is 6.60. The maximum Gasteiger partial charge on any atom is 0.351 e. The van der Waals surface area contributed by atoms with Gasteiger partial charge in [-0.3, -0.25) is 9.47 Å². The van der Waals surface area contributed by atoms with Crippen LogP contribution in [0.4, 0.5) is 14.6 Å². The Kier molecular flexibility index (Phi) is 4.09. The molecule has 4 rings (SSSR count). The topological polar surface area (TPSA) is 86.3 Å². The molecular weight excluding hydrogens is 344 g/mol. The van der Waals surface area contributed by atoms with Crippen molar-refractivity contribution in [3.05, 3.63) is 52.3 Å². The maximum absolute atomic E-state index is 14.4. The standard InChI is InChI=1S/C17H17F2N5O2/c18-17(19)7-13(26-15(17)24-6-3-14(20)22-16(24)25)10-23-5-2-11-1-4-21-8-12(11)9-23/h3,6,8,13,15H,2,5,7,9-10H2,(H2,20,22,25). The van der Waals surface area contributed by atoms with Crippen molar-refractivity contribution in [1.82, 2.24) is 19.4 Å². The molecule has 7 nitrogen and oxygen atoms in total. The summed E-state index contributed by atoms with van der Waals surface area (Å²) in [6.45, 7) is 1.68. The molecule has 0 aromatic carbocycles. The van der Waals surface area contributed by atoms with Gasteiger partial charge in [0, 0.05) is 50.2 Å². The van der Waals surface area contributed by atoms with E-state index in [2.05, 4.69) is 22.2 Å².